The number of rotatable bonds is 0. The molecule has 0 radical (unpaired) electrons. The van der Waals surface area contributed by atoms with E-state index in [9.17, 15) is 13.2 Å². The molecule has 23 heavy (non-hydrogen) atoms. The lowest BCUT2D eigenvalue weighted by molar-refractivity contribution is -0.137. The molecule has 4 heteroatoms. The molecule has 2 aliphatic rings. The molecular formula is C19H14ClF3. The highest BCUT2D eigenvalue weighted by atomic mass is 35.5. The lowest BCUT2D eigenvalue weighted by atomic mass is 9.76. The fraction of sp³-hybridized carbons (Fsp3) is 0.263. The normalized spacial score (nSPS) is 20.2. The van der Waals surface area contributed by atoms with Crippen LogP contribution in [0.4, 0.5) is 13.2 Å². The van der Waals surface area contributed by atoms with Gasteiger partial charge in [-0.3, -0.25) is 0 Å². The van der Waals surface area contributed by atoms with E-state index in [1.165, 1.54) is 17.2 Å². The molecule has 2 aromatic carbocycles. The minimum atomic E-state index is -4.43. The van der Waals surface area contributed by atoms with Gasteiger partial charge < -0.3 is 0 Å². The predicted octanol–water partition coefficient (Wildman–Crippen LogP) is 6.73. The second-order valence-electron chi connectivity index (χ2n) is 6.14. The average molecular weight is 335 g/mol. The topological polar surface area (TPSA) is 0 Å². The van der Waals surface area contributed by atoms with Crippen LogP contribution in [0.15, 0.2) is 42.0 Å². The molecule has 1 atom stereocenters. The van der Waals surface area contributed by atoms with E-state index < -0.39 is 11.7 Å². The van der Waals surface area contributed by atoms with Crippen LogP contribution in [0.2, 0.25) is 5.02 Å². The summed E-state index contributed by atoms with van der Waals surface area (Å²) in [5, 5.41) is 1.13. The molecule has 0 saturated carbocycles. The zero-order valence-corrected chi connectivity index (χ0v) is 13.0. The van der Waals surface area contributed by atoms with Gasteiger partial charge in [0, 0.05) is 5.92 Å². The van der Waals surface area contributed by atoms with E-state index in [2.05, 4.69) is 12.2 Å². The molecule has 1 unspecified atom stereocenters. The van der Waals surface area contributed by atoms with Crippen molar-refractivity contribution in [2.45, 2.75) is 31.4 Å². The van der Waals surface area contributed by atoms with E-state index in [1.807, 2.05) is 12.1 Å². The zero-order valence-electron chi connectivity index (χ0n) is 12.3. The molecule has 0 aliphatic heterocycles. The van der Waals surface area contributed by atoms with Gasteiger partial charge >= 0.3 is 6.18 Å². The lowest BCUT2D eigenvalue weighted by Crippen LogP contribution is -2.11. The first-order chi connectivity index (χ1) is 10.9. The molecule has 0 saturated heterocycles. The van der Waals surface area contributed by atoms with Crippen LogP contribution in [0.3, 0.4) is 0 Å². The Bertz CT molecular complexity index is 859. The summed E-state index contributed by atoms with van der Waals surface area (Å²) in [5.41, 5.74) is 2.75. The smallest absolute Gasteiger partial charge is 0.166 e. The molecule has 0 amide bonds. The van der Waals surface area contributed by atoms with Gasteiger partial charge in [-0.2, -0.15) is 13.2 Å². The summed E-state index contributed by atoms with van der Waals surface area (Å²) in [6.45, 7) is 0. The molecule has 0 heterocycles. The first-order valence-corrected chi connectivity index (χ1v) is 8.04. The van der Waals surface area contributed by atoms with Crippen molar-refractivity contribution in [3.8, 4) is 0 Å². The van der Waals surface area contributed by atoms with Crippen molar-refractivity contribution in [3.63, 3.8) is 0 Å². The Morgan fingerprint density at radius 3 is 2.70 bits per heavy atom. The highest BCUT2D eigenvalue weighted by Gasteiger charge is 2.34. The third-order valence-electron chi connectivity index (χ3n) is 4.79. The van der Waals surface area contributed by atoms with Gasteiger partial charge in [0.2, 0.25) is 0 Å². The van der Waals surface area contributed by atoms with Crippen LogP contribution >= 0.6 is 11.6 Å². The minimum absolute atomic E-state index is 0.239. The maximum absolute atomic E-state index is 13.0. The molecule has 0 aromatic heterocycles. The van der Waals surface area contributed by atoms with E-state index >= 15 is 0 Å². The van der Waals surface area contributed by atoms with Gasteiger partial charge in [0.1, 0.15) is 0 Å². The Balaban J connectivity index is 1.95. The molecule has 0 nitrogen and oxygen atoms in total. The third-order valence-corrected chi connectivity index (χ3v) is 5.10. The first-order valence-electron chi connectivity index (χ1n) is 7.66. The van der Waals surface area contributed by atoms with Crippen LogP contribution in [-0.4, -0.2) is 0 Å². The monoisotopic (exact) mass is 334 g/mol. The molecule has 2 aliphatic carbocycles. The highest BCUT2D eigenvalue weighted by Crippen LogP contribution is 2.44. The average Bonchev–Trinajstić information content (AvgIpc) is 2.52. The highest BCUT2D eigenvalue weighted by molar-refractivity contribution is 6.32. The molecule has 0 fully saturated rings. The van der Waals surface area contributed by atoms with Crippen molar-refractivity contribution >= 4 is 28.4 Å². The SMILES string of the molecule is FC(F)(F)c1cc2ccc3c(c2cc1Cl)C=CC1=CCCCC13. The van der Waals surface area contributed by atoms with Crippen LogP contribution < -0.4 is 0 Å². The Morgan fingerprint density at radius 2 is 1.91 bits per heavy atom. The fourth-order valence-corrected chi connectivity index (χ4v) is 3.96. The van der Waals surface area contributed by atoms with Gasteiger partial charge in [-0.15, -0.1) is 0 Å². The van der Waals surface area contributed by atoms with Gasteiger partial charge in [-0.1, -0.05) is 42.0 Å². The van der Waals surface area contributed by atoms with Crippen molar-refractivity contribution in [1.82, 2.24) is 0 Å². The Labute approximate surface area is 137 Å². The number of fused-ring (bicyclic) bond motifs is 5. The van der Waals surface area contributed by atoms with Gasteiger partial charge in [-0.25, -0.2) is 0 Å². The van der Waals surface area contributed by atoms with E-state index in [4.69, 9.17) is 11.6 Å². The summed E-state index contributed by atoms with van der Waals surface area (Å²) in [4.78, 5) is 0. The fourth-order valence-electron chi connectivity index (χ4n) is 3.69. The van der Waals surface area contributed by atoms with Crippen molar-refractivity contribution < 1.29 is 13.2 Å². The number of alkyl halides is 3. The molecule has 4 rings (SSSR count). The van der Waals surface area contributed by atoms with E-state index in [0.29, 0.717) is 11.3 Å². The van der Waals surface area contributed by atoms with Crippen molar-refractivity contribution in [2.24, 2.45) is 0 Å². The van der Waals surface area contributed by atoms with Crippen LogP contribution in [-0.2, 0) is 6.18 Å². The quantitative estimate of drug-likeness (QED) is 0.501. The predicted molar refractivity (Wildman–Crippen MR) is 87.7 cm³/mol. The summed E-state index contributed by atoms with van der Waals surface area (Å²) in [6.07, 6.45) is 5.26. The van der Waals surface area contributed by atoms with Crippen LogP contribution in [0.25, 0.3) is 16.8 Å². The van der Waals surface area contributed by atoms with Gasteiger partial charge in [0.05, 0.1) is 10.6 Å². The number of allylic oxidation sites excluding steroid dienone is 3. The van der Waals surface area contributed by atoms with Crippen LogP contribution in [0.1, 0.15) is 41.9 Å². The second-order valence-corrected chi connectivity index (χ2v) is 6.55. The molecule has 0 spiro atoms. The Kier molecular flexibility index (Phi) is 3.31. The zero-order chi connectivity index (χ0) is 16.2. The van der Waals surface area contributed by atoms with Gasteiger partial charge in [0.15, 0.2) is 0 Å². The third kappa shape index (κ3) is 2.38. The second kappa shape index (κ2) is 5.13. The van der Waals surface area contributed by atoms with E-state index in [1.54, 1.807) is 6.07 Å². The van der Waals surface area contributed by atoms with Crippen molar-refractivity contribution in [1.29, 1.82) is 0 Å². The first kappa shape index (κ1) is 14.8. The largest absolute Gasteiger partial charge is 0.417 e. The molecular weight excluding hydrogens is 321 g/mol. The Hall–Kier alpha value is -1.74. The lowest BCUT2D eigenvalue weighted by Gasteiger charge is -2.28. The number of halogens is 4. The minimum Gasteiger partial charge on any atom is -0.166 e. The maximum atomic E-state index is 13.0. The summed E-state index contributed by atoms with van der Waals surface area (Å²) >= 11 is 5.91. The summed E-state index contributed by atoms with van der Waals surface area (Å²) in [6, 6.07) is 6.36. The molecule has 0 N–H and O–H groups in total. The number of hydrogen-bond acceptors (Lipinski definition) is 0. The van der Waals surface area contributed by atoms with Gasteiger partial charge in [0.25, 0.3) is 0 Å². The standard InChI is InChI=1S/C19H14ClF3/c20-18-10-16-12(9-17(18)19(21,22)23)6-8-14-13-4-2-1-3-11(13)5-7-15(14)16/h3,5-10,13H,1-2,4H2. The van der Waals surface area contributed by atoms with Crippen molar-refractivity contribution in [2.75, 3.05) is 0 Å². The Morgan fingerprint density at radius 1 is 1.09 bits per heavy atom. The van der Waals surface area contributed by atoms with Crippen LogP contribution in [0.5, 0.6) is 0 Å². The van der Waals surface area contributed by atoms with Crippen LogP contribution in [0, 0.1) is 0 Å². The maximum Gasteiger partial charge on any atom is 0.417 e. The summed E-state index contributed by atoms with van der Waals surface area (Å²) < 4.78 is 39.1. The van der Waals surface area contributed by atoms with E-state index in [-0.39, 0.29) is 5.02 Å². The van der Waals surface area contributed by atoms with Gasteiger partial charge in [-0.05, 0) is 58.9 Å². The number of benzene rings is 2. The molecule has 118 valence electrons. The summed E-state index contributed by atoms with van der Waals surface area (Å²) in [7, 11) is 0. The summed E-state index contributed by atoms with van der Waals surface area (Å²) in [5.74, 6) is 0.356. The molecule has 2 aromatic rings. The number of hydrogen-bond donors (Lipinski definition) is 0. The molecule has 0 bridgehead atoms. The van der Waals surface area contributed by atoms with E-state index in [0.717, 1.165) is 36.3 Å². The van der Waals surface area contributed by atoms with Crippen molar-refractivity contribution in [3.05, 3.63) is 63.7 Å².